The van der Waals surface area contributed by atoms with E-state index in [0.717, 1.165) is 0 Å². The Morgan fingerprint density at radius 1 is 0.914 bits per heavy atom. The summed E-state index contributed by atoms with van der Waals surface area (Å²) in [5.41, 5.74) is 1.39. The number of Topliss-reactive ketones (excluding diaryl/α,β-unsaturated/α-hetero) is 2. The number of methoxy groups -OCH3 is 1. The third kappa shape index (κ3) is 4.55. The fourth-order valence-electron chi connectivity index (χ4n) is 4.15. The van der Waals surface area contributed by atoms with Gasteiger partial charge in [0.25, 0.3) is 5.91 Å². The van der Waals surface area contributed by atoms with E-state index >= 15 is 0 Å². The Labute approximate surface area is 207 Å². The van der Waals surface area contributed by atoms with Gasteiger partial charge in [-0.25, -0.2) is 4.79 Å². The Hall–Kier alpha value is -3.97. The van der Waals surface area contributed by atoms with E-state index in [-0.39, 0.29) is 12.2 Å². The molecule has 1 amide bonds. The first-order chi connectivity index (χ1) is 16.9. The molecule has 3 aromatic carbocycles. The number of carbonyl (C=O) groups is 4. The summed E-state index contributed by atoms with van der Waals surface area (Å²) in [6, 6.07) is 18.3. The van der Waals surface area contributed by atoms with Gasteiger partial charge in [0.2, 0.25) is 5.78 Å². The molecule has 1 aliphatic heterocycles. The summed E-state index contributed by atoms with van der Waals surface area (Å²) in [5.74, 6) is -3.41. The first-order valence-corrected chi connectivity index (χ1v) is 11.3. The third-order valence-corrected chi connectivity index (χ3v) is 6.19. The maximum atomic E-state index is 13.5. The minimum Gasteiger partial charge on any atom is -0.497 e. The summed E-state index contributed by atoms with van der Waals surface area (Å²) in [4.78, 5) is 53.3. The molecule has 1 saturated heterocycles. The highest BCUT2D eigenvalue weighted by Gasteiger charge is 2.52. The summed E-state index contributed by atoms with van der Waals surface area (Å²) >= 11 is 6.47. The quantitative estimate of drug-likeness (QED) is 0.206. The van der Waals surface area contributed by atoms with Crippen molar-refractivity contribution in [3.63, 3.8) is 0 Å². The molecule has 7 nitrogen and oxygen atoms in total. The van der Waals surface area contributed by atoms with Crippen molar-refractivity contribution in [3.8, 4) is 5.75 Å². The number of rotatable bonds is 7. The lowest BCUT2D eigenvalue weighted by Gasteiger charge is -2.28. The van der Waals surface area contributed by atoms with Gasteiger partial charge in [-0.2, -0.15) is 0 Å². The number of hydrogen-bond acceptors (Lipinski definition) is 6. The van der Waals surface area contributed by atoms with Gasteiger partial charge in [-0.3, -0.25) is 19.3 Å². The number of halogens is 1. The molecular weight excluding hydrogens is 470 g/mol. The molecule has 178 valence electrons. The van der Waals surface area contributed by atoms with E-state index < -0.39 is 35.4 Å². The standard InChI is InChI=1S/C27H22ClNO6/c1-3-35-27(33)17-8-12-18(13-9-17)29-23(20-6-4-5-7-21(20)28)22(25(31)26(29)32)24(30)16-10-14-19(34-2)15-11-16/h4-15,22-23H,3H2,1-2H3/t22?,23-/m0/s1. The van der Waals surface area contributed by atoms with Gasteiger partial charge in [-0.1, -0.05) is 29.8 Å². The maximum absolute atomic E-state index is 13.5. The zero-order valence-electron chi connectivity index (χ0n) is 19.1. The Morgan fingerprint density at radius 2 is 1.54 bits per heavy atom. The van der Waals surface area contributed by atoms with Gasteiger partial charge in [-0.05, 0) is 67.1 Å². The Kier molecular flexibility index (Phi) is 6.98. The zero-order valence-corrected chi connectivity index (χ0v) is 19.8. The molecule has 1 fully saturated rings. The number of hydrogen-bond donors (Lipinski definition) is 0. The number of esters is 1. The molecule has 1 unspecified atom stereocenters. The van der Waals surface area contributed by atoms with Crippen molar-refractivity contribution < 1.29 is 28.7 Å². The predicted molar refractivity (Wildman–Crippen MR) is 130 cm³/mol. The molecule has 8 heteroatoms. The van der Waals surface area contributed by atoms with E-state index in [9.17, 15) is 19.2 Å². The van der Waals surface area contributed by atoms with Gasteiger partial charge < -0.3 is 9.47 Å². The number of amides is 1. The highest BCUT2D eigenvalue weighted by atomic mass is 35.5. The fourth-order valence-corrected chi connectivity index (χ4v) is 4.40. The molecule has 3 aromatic rings. The molecule has 0 saturated carbocycles. The number of benzene rings is 3. The van der Waals surface area contributed by atoms with Crippen LogP contribution < -0.4 is 9.64 Å². The van der Waals surface area contributed by atoms with Crippen LogP contribution in [0.4, 0.5) is 5.69 Å². The molecule has 35 heavy (non-hydrogen) atoms. The van der Waals surface area contributed by atoms with Crippen molar-refractivity contribution in [1.82, 2.24) is 0 Å². The van der Waals surface area contributed by atoms with Crippen molar-refractivity contribution in [2.24, 2.45) is 5.92 Å². The first-order valence-electron chi connectivity index (χ1n) is 10.9. The zero-order chi connectivity index (χ0) is 25.1. The van der Waals surface area contributed by atoms with Crippen molar-refractivity contribution in [2.45, 2.75) is 13.0 Å². The third-order valence-electron chi connectivity index (χ3n) is 5.84. The second kappa shape index (κ2) is 10.1. The lowest BCUT2D eigenvalue weighted by molar-refractivity contribution is -0.135. The summed E-state index contributed by atoms with van der Waals surface area (Å²) in [6.45, 7) is 1.93. The highest BCUT2D eigenvalue weighted by molar-refractivity contribution is 6.49. The molecule has 1 aliphatic rings. The molecule has 0 N–H and O–H groups in total. The minimum atomic E-state index is -1.31. The smallest absolute Gasteiger partial charge is 0.338 e. The van der Waals surface area contributed by atoms with E-state index in [0.29, 0.717) is 27.6 Å². The molecule has 0 spiro atoms. The van der Waals surface area contributed by atoms with Gasteiger partial charge in [0, 0.05) is 16.3 Å². The number of ether oxygens (including phenoxy) is 2. The molecule has 1 heterocycles. The molecular formula is C27H22ClNO6. The van der Waals surface area contributed by atoms with Crippen LogP contribution in [-0.2, 0) is 14.3 Å². The van der Waals surface area contributed by atoms with Gasteiger partial charge >= 0.3 is 5.97 Å². The second-order valence-corrected chi connectivity index (χ2v) is 8.25. The Bertz CT molecular complexity index is 1290. The van der Waals surface area contributed by atoms with Crippen LogP contribution in [0.15, 0.2) is 72.8 Å². The van der Waals surface area contributed by atoms with Gasteiger partial charge in [-0.15, -0.1) is 0 Å². The van der Waals surface area contributed by atoms with Gasteiger partial charge in [0.1, 0.15) is 11.7 Å². The second-order valence-electron chi connectivity index (χ2n) is 7.84. The van der Waals surface area contributed by atoms with E-state index in [1.807, 2.05) is 0 Å². The van der Waals surface area contributed by atoms with Crippen LogP contribution in [0.3, 0.4) is 0 Å². The molecule has 0 aliphatic carbocycles. The summed E-state index contributed by atoms with van der Waals surface area (Å²) in [7, 11) is 1.51. The van der Waals surface area contributed by atoms with E-state index in [1.165, 1.54) is 24.1 Å². The number of anilines is 1. The number of carbonyl (C=O) groups excluding carboxylic acids is 4. The van der Waals surface area contributed by atoms with Crippen LogP contribution in [0.5, 0.6) is 5.75 Å². The number of nitrogens with zero attached hydrogens (tertiary/aromatic N) is 1. The van der Waals surface area contributed by atoms with Crippen LogP contribution in [-0.4, -0.2) is 37.2 Å². The SMILES string of the molecule is CCOC(=O)c1ccc(N2C(=O)C(=O)C(C(=O)c3ccc(OC)cc3)[C@@H]2c2ccccc2Cl)cc1. The number of ketones is 2. The fraction of sp³-hybridized carbons (Fsp3) is 0.185. The van der Waals surface area contributed by atoms with Gasteiger partial charge in [0.05, 0.1) is 25.3 Å². The molecule has 0 bridgehead atoms. The average molecular weight is 492 g/mol. The summed E-state index contributed by atoms with van der Waals surface area (Å²) in [5, 5.41) is 0.320. The predicted octanol–water partition coefficient (Wildman–Crippen LogP) is 4.68. The highest BCUT2D eigenvalue weighted by Crippen LogP contribution is 2.43. The van der Waals surface area contributed by atoms with E-state index in [4.69, 9.17) is 21.1 Å². The van der Waals surface area contributed by atoms with Crippen LogP contribution in [0.25, 0.3) is 0 Å². The molecule has 0 radical (unpaired) electrons. The molecule has 0 aromatic heterocycles. The van der Waals surface area contributed by atoms with Crippen molar-refractivity contribution in [3.05, 3.63) is 94.5 Å². The van der Waals surface area contributed by atoms with Crippen molar-refractivity contribution >= 4 is 40.7 Å². The van der Waals surface area contributed by atoms with E-state index in [2.05, 4.69) is 0 Å². The monoisotopic (exact) mass is 491 g/mol. The van der Waals surface area contributed by atoms with Crippen LogP contribution in [0.1, 0.15) is 39.2 Å². The summed E-state index contributed by atoms with van der Waals surface area (Å²) < 4.78 is 10.2. The summed E-state index contributed by atoms with van der Waals surface area (Å²) in [6.07, 6.45) is 0. The van der Waals surface area contributed by atoms with E-state index in [1.54, 1.807) is 67.6 Å². The van der Waals surface area contributed by atoms with Crippen molar-refractivity contribution in [1.29, 1.82) is 0 Å². The molecule has 4 rings (SSSR count). The maximum Gasteiger partial charge on any atom is 0.338 e. The Morgan fingerprint density at radius 3 is 2.14 bits per heavy atom. The first kappa shape index (κ1) is 24.2. The van der Waals surface area contributed by atoms with Crippen LogP contribution in [0, 0.1) is 5.92 Å². The van der Waals surface area contributed by atoms with Crippen LogP contribution in [0.2, 0.25) is 5.02 Å². The van der Waals surface area contributed by atoms with Gasteiger partial charge in [0.15, 0.2) is 5.78 Å². The minimum absolute atomic E-state index is 0.226. The normalized spacial score (nSPS) is 17.4. The molecule has 2 atom stereocenters. The lowest BCUT2D eigenvalue weighted by Crippen LogP contribution is -2.31. The average Bonchev–Trinajstić information content (AvgIpc) is 3.14. The van der Waals surface area contributed by atoms with Crippen molar-refractivity contribution in [2.75, 3.05) is 18.6 Å². The Balaban J connectivity index is 1.79. The lowest BCUT2D eigenvalue weighted by atomic mass is 9.86. The van der Waals surface area contributed by atoms with Crippen LogP contribution >= 0.6 is 11.6 Å². The largest absolute Gasteiger partial charge is 0.497 e. The topological polar surface area (TPSA) is 90.0 Å².